The Balaban J connectivity index is 2.20. The van der Waals surface area contributed by atoms with Gasteiger partial charge in [0.1, 0.15) is 6.20 Å². The van der Waals surface area contributed by atoms with Crippen molar-refractivity contribution < 1.29 is 4.92 Å². The molecule has 0 atom stereocenters. The molecule has 8 heteroatoms. The molecule has 2 rings (SSSR count). The van der Waals surface area contributed by atoms with Crippen LogP contribution in [0.5, 0.6) is 0 Å². The first-order chi connectivity index (χ1) is 8.58. The van der Waals surface area contributed by atoms with Crippen molar-refractivity contribution in [2.24, 2.45) is 0 Å². The van der Waals surface area contributed by atoms with Crippen LogP contribution in [-0.4, -0.2) is 14.9 Å². The Morgan fingerprint density at radius 2 is 2.39 bits per heavy atom. The predicted molar refractivity (Wildman–Crippen MR) is 70.1 cm³/mol. The summed E-state index contributed by atoms with van der Waals surface area (Å²) in [5.74, 6) is 0.132. The Bertz CT molecular complexity index is 587. The third-order valence-electron chi connectivity index (χ3n) is 2.32. The third-order valence-corrected chi connectivity index (χ3v) is 3.53. The van der Waals surface area contributed by atoms with Gasteiger partial charge in [0.15, 0.2) is 0 Å². The first-order valence-electron chi connectivity index (χ1n) is 5.01. The summed E-state index contributed by atoms with van der Waals surface area (Å²) in [6.45, 7) is 2.45. The van der Waals surface area contributed by atoms with Gasteiger partial charge in [0.05, 0.1) is 11.5 Å². The van der Waals surface area contributed by atoms with E-state index in [-0.39, 0.29) is 16.8 Å². The molecule has 0 aliphatic rings. The molecule has 0 fully saturated rings. The minimum absolute atomic E-state index is 0.0222. The number of hydrogen-bond acceptors (Lipinski definition) is 6. The van der Waals surface area contributed by atoms with Crippen molar-refractivity contribution in [1.29, 1.82) is 0 Å². The van der Waals surface area contributed by atoms with Gasteiger partial charge in [0.2, 0.25) is 11.1 Å². The van der Waals surface area contributed by atoms with E-state index in [1.54, 1.807) is 11.3 Å². The second kappa shape index (κ2) is 5.28. The Morgan fingerprint density at radius 1 is 1.61 bits per heavy atom. The van der Waals surface area contributed by atoms with E-state index in [1.807, 2.05) is 18.4 Å². The van der Waals surface area contributed by atoms with Crippen molar-refractivity contribution in [3.8, 4) is 0 Å². The van der Waals surface area contributed by atoms with Gasteiger partial charge in [0.25, 0.3) is 0 Å². The highest BCUT2D eigenvalue weighted by atomic mass is 35.5. The fourth-order valence-corrected chi connectivity index (χ4v) is 2.35. The van der Waals surface area contributed by atoms with E-state index in [1.165, 1.54) is 0 Å². The lowest BCUT2D eigenvalue weighted by molar-refractivity contribution is -0.384. The van der Waals surface area contributed by atoms with Crippen LogP contribution in [0.2, 0.25) is 5.28 Å². The largest absolute Gasteiger partial charge is 0.359 e. The lowest BCUT2D eigenvalue weighted by Gasteiger charge is -2.05. The van der Waals surface area contributed by atoms with Gasteiger partial charge in [-0.2, -0.15) is 4.98 Å². The predicted octanol–water partition coefficient (Wildman–Crippen LogP) is 3.02. The molecule has 0 aliphatic heterocycles. The monoisotopic (exact) mass is 284 g/mol. The zero-order valence-electron chi connectivity index (χ0n) is 9.38. The summed E-state index contributed by atoms with van der Waals surface area (Å²) >= 11 is 7.21. The highest BCUT2D eigenvalue weighted by Gasteiger charge is 2.16. The van der Waals surface area contributed by atoms with Crippen molar-refractivity contribution >= 4 is 34.4 Å². The standard InChI is InChI=1S/C10H9ClN4O2S/c1-6-2-3-18-8(6)5-12-9-7(15(16)17)4-13-10(11)14-9/h2-4H,5H2,1H3,(H,12,13,14). The number of thiophene rings is 1. The van der Waals surface area contributed by atoms with Crippen LogP contribution in [0.25, 0.3) is 0 Å². The highest BCUT2D eigenvalue weighted by Crippen LogP contribution is 2.24. The van der Waals surface area contributed by atoms with E-state index in [0.717, 1.165) is 16.6 Å². The Morgan fingerprint density at radius 3 is 3.00 bits per heavy atom. The minimum atomic E-state index is -0.542. The maximum Gasteiger partial charge on any atom is 0.329 e. The molecule has 2 aromatic rings. The summed E-state index contributed by atoms with van der Waals surface area (Å²) in [4.78, 5) is 18.8. The van der Waals surface area contributed by atoms with Gasteiger partial charge >= 0.3 is 5.69 Å². The number of halogens is 1. The topological polar surface area (TPSA) is 81.0 Å². The fraction of sp³-hybridized carbons (Fsp3) is 0.200. The van der Waals surface area contributed by atoms with Gasteiger partial charge in [0, 0.05) is 4.88 Å². The number of aryl methyl sites for hydroxylation is 1. The molecule has 0 saturated carbocycles. The molecule has 18 heavy (non-hydrogen) atoms. The van der Waals surface area contributed by atoms with Gasteiger partial charge in [-0.25, -0.2) is 4.98 Å². The second-order valence-electron chi connectivity index (χ2n) is 3.51. The minimum Gasteiger partial charge on any atom is -0.359 e. The van der Waals surface area contributed by atoms with Gasteiger partial charge < -0.3 is 5.32 Å². The quantitative estimate of drug-likeness (QED) is 0.530. The molecular weight excluding hydrogens is 276 g/mol. The molecule has 94 valence electrons. The maximum atomic E-state index is 10.8. The molecule has 1 N–H and O–H groups in total. The molecule has 0 bridgehead atoms. The van der Waals surface area contributed by atoms with E-state index in [9.17, 15) is 10.1 Å². The maximum absolute atomic E-state index is 10.8. The van der Waals surface area contributed by atoms with Crippen LogP contribution < -0.4 is 5.32 Å². The van der Waals surface area contributed by atoms with Crippen LogP contribution in [0, 0.1) is 17.0 Å². The Labute approximate surface area is 112 Å². The summed E-state index contributed by atoms with van der Waals surface area (Å²) in [5.41, 5.74) is 0.948. The summed E-state index contributed by atoms with van der Waals surface area (Å²) in [7, 11) is 0. The molecule has 0 unspecified atom stereocenters. The van der Waals surface area contributed by atoms with Gasteiger partial charge in [-0.1, -0.05) is 0 Å². The molecule has 0 amide bonds. The number of anilines is 1. The van der Waals surface area contributed by atoms with E-state index in [0.29, 0.717) is 6.54 Å². The molecule has 6 nitrogen and oxygen atoms in total. The number of hydrogen-bond donors (Lipinski definition) is 1. The van der Waals surface area contributed by atoms with Crippen molar-refractivity contribution in [2.75, 3.05) is 5.32 Å². The Kier molecular flexibility index (Phi) is 3.73. The lowest BCUT2D eigenvalue weighted by atomic mass is 10.3. The highest BCUT2D eigenvalue weighted by molar-refractivity contribution is 7.10. The number of nitrogens with zero attached hydrogens (tertiary/aromatic N) is 3. The molecule has 0 spiro atoms. The van der Waals surface area contributed by atoms with Crippen molar-refractivity contribution in [2.45, 2.75) is 13.5 Å². The molecule has 0 aromatic carbocycles. The van der Waals surface area contributed by atoms with Crippen LogP contribution >= 0.6 is 22.9 Å². The lowest BCUT2D eigenvalue weighted by Crippen LogP contribution is -2.05. The smallest absolute Gasteiger partial charge is 0.329 e. The zero-order valence-corrected chi connectivity index (χ0v) is 11.0. The van der Waals surface area contributed by atoms with Crippen molar-refractivity contribution in [3.63, 3.8) is 0 Å². The number of rotatable bonds is 4. The van der Waals surface area contributed by atoms with Crippen LogP contribution in [0.4, 0.5) is 11.5 Å². The van der Waals surface area contributed by atoms with Gasteiger partial charge in [-0.05, 0) is 35.5 Å². The molecule has 2 aromatic heterocycles. The number of aromatic nitrogens is 2. The first-order valence-corrected chi connectivity index (χ1v) is 6.27. The van der Waals surface area contributed by atoms with Crippen LogP contribution in [0.3, 0.4) is 0 Å². The Hall–Kier alpha value is -1.73. The van der Waals surface area contributed by atoms with E-state index in [4.69, 9.17) is 11.6 Å². The van der Waals surface area contributed by atoms with E-state index >= 15 is 0 Å². The summed E-state index contributed by atoms with van der Waals surface area (Å²) in [5, 5.41) is 15.7. The molecular formula is C10H9ClN4O2S. The van der Waals surface area contributed by atoms with Crippen molar-refractivity contribution in [3.05, 3.63) is 43.5 Å². The number of nitrogens with one attached hydrogen (secondary N) is 1. The summed E-state index contributed by atoms with van der Waals surface area (Å²) in [6, 6.07) is 1.99. The van der Waals surface area contributed by atoms with Gasteiger partial charge in [-0.3, -0.25) is 10.1 Å². The van der Waals surface area contributed by atoms with E-state index < -0.39 is 4.92 Å². The number of nitro groups is 1. The molecule has 0 aliphatic carbocycles. The van der Waals surface area contributed by atoms with Gasteiger partial charge in [-0.15, -0.1) is 11.3 Å². The second-order valence-corrected chi connectivity index (χ2v) is 4.85. The molecule has 0 radical (unpaired) electrons. The molecule has 0 saturated heterocycles. The van der Waals surface area contributed by atoms with Crippen LogP contribution in [0.1, 0.15) is 10.4 Å². The van der Waals surface area contributed by atoms with Crippen LogP contribution in [0.15, 0.2) is 17.6 Å². The summed E-state index contributed by atoms with van der Waals surface area (Å²) < 4.78 is 0. The van der Waals surface area contributed by atoms with E-state index in [2.05, 4.69) is 15.3 Å². The zero-order chi connectivity index (χ0) is 13.1. The molecule has 2 heterocycles. The average Bonchev–Trinajstić information content (AvgIpc) is 2.72. The van der Waals surface area contributed by atoms with Crippen LogP contribution in [-0.2, 0) is 6.54 Å². The average molecular weight is 285 g/mol. The normalized spacial score (nSPS) is 10.3. The van der Waals surface area contributed by atoms with Crippen molar-refractivity contribution in [1.82, 2.24) is 9.97 Å². The first kappa shape index (κ1) is 12.7. The third kappa shape index (κ3) is 2.74. The fourth-order valence-electron chi connectivity index (χ4n) is 1.37. The summed E-state index contributed by atoms with van der Waals surface area (Å²) in [6.07, 6.45) is 1.10. The SMILES string of the molecule is Cc1ccsc1CNc1nc(Cl)ncc1[N+](=O)[O-].